The fourth-order valence-corrected chi connectivity index (χ4v) is 1.58. The third kappa shape index (κ3) is 2.57. The van der Waals surface area contributed by atoms with Crippen LogP contribution in [0.3, 0.4) is 0 Å². The van der Waals surface area contributed by atoms with E-state index < -0.39 is 0 Å². The molecule has 0 aromatic heterocycles. The largest absolute Gasteiger partial charge is 0.496 e. The van der Waals surface area contributed by atoms with Gasteiger partial charge in [0.25, 0.3) is 0 Å². The molecule has 1 N–H and O–H groups in total. The van der Waals surface area contributed by atoms with Gasteiger partial charge in [-0.3, -0.25) is 0 Å². The van der Waals surface area contributed by atoms with Crippen LogP contribution in [-0.2, 0) is 11.2 Å². The van der Waals surface area contributed by atoms with E-state index in [0.29, 0.717) is 0 Å². The second kappa shape index (κ2) is 5.51. The van der Waals surface area contributed by atoms with E-state index in [9.17, 15) is 4.79 Å². The third-order valence-electron chi connectivity index (χ3n) is 2.49. The maximum Gasteiger partial charge on any atom is 0.141 e. The normalized spacial score (nSPS) is 12.2. The fourth-order valence-electron chi connectivity index (χ4n) is 1.58. The van der Waals surface area contributed by atoms with Crippen LogP contribution in [0.25, 0.3) is 0 Å². The molecule has 0 fully saturated rings. The Morgan fingerprint density at radius 2 is 2.27 bits per heavy atom. The predicted octanol–water partition coefficient (Wildman–Crippen LogP) is 1.72. The van der Waals surface area contributed by atoms with Crippen LogP contribution in [0.4, 0.5) is 0 Å². The number of hydrogen-bond donors (Lipinski definition) is 1. The summed E-state index contributed by atoms with van der Waals surface area (Å²) < 4.78 is 5.23. The molecule has 1 aromatic rings. The second-order valence-corrected chi connectivity index (χ2v) is 3.33. The molecule has 0 heterocycles. The minimum absolute atomic E-state index is 0.235. The number of aldehydes is 1. The van der Waals surface area contributed by atoms with Crippen LogP contribution in [0.15, 0.2) is 18.2 Å². The molecule has 1 aromatic carbocycles. The van der Waals surface area contributed by atoms with Gasteiger partial charge in [0.1, 0.15) is 12.0 Å². The Kier molecular flexibility index (Phi) is 4.31. The van der Waals surface area contributed by atoms with E-state index in [1.165, 1.54) is 0 Å². The molecular formula is C12H17NO2. The van der Waals surface area contributed by atoms with Crippen molar-refractivity contribution in [3.05, 3.63) is 29.3 Å². The molecule has 0 amide bonds. The van der Waals surface area contributed by atoms with Crippen LogP contribution in [0.2, 0.25) is 0 Å². The van der Waals surface area contributed by atoms with E-state index in [4.69, 9.17) is 4.74 Å². The Morgan fingerprint density at radius 3 is 2.73 bits per heavy atom. The van der Waals surface area contributed by atoms with Crippen molar-refractivity contribution in [3.8, 4) is 5.75 Å². The average Bonchev–Trinajstić information content (AvgIpc) is 2.30. The standard InChI is InChI=1S/C12H17NO2/c1-4-9-7-10(11(8-14)13-2)5-6-12(9)15-3/h5-8,11,13H,4H2,1-3H3. The first-order valence-corrected chi connectivity index (χ1v) is 5.06. The highest BCUT2D eigenvalue weighted by molar-refractivity contribution is 5.62. The van der Waals surface area contributed by atoms with Gasteiger partial charge < -0.3 is 14.8 Å². The Balaban J connectivity index is 3.06. The second-order valence-electron chi connectivity index (χ2n) is 3.33. The molecule has 0 aliphatic heterocycles. The minimum Gasteiger partial charge on any atom is -0.496 e. The van der Waals surface area contributed by atoms with Gasteiger partial charge in [0, 0.05) is 0 Å². The van der Waals surface area contributed by atoms with Crippen molar-refractivity contribution in [3.63, 3.8) is 0 Å². The number of ether oxygens (including phenoxy) is 1. The van der Waals surface area contributed by atoms with E-state index in [1.54, 1.807) is 14.2 Å². The van der Waals surface area contributed by atoms with Gasteiger partial charge in [-0.25, -0.2) is 0 Å². The molecule has 0 saturated heterocycles. The number of benzene rings is 1. The van der Waals surface area contributed by atoms with Crippen molar-refractivity contribution in [1.82, 2.24) is 5.32 Å². The lowest BCUT2D eigenvalue weighted by Gasteiger charge is -2.13. The number of carbonyl (C=O) groups excluding carboxylic acids is 1. The third-order valence-corrected chi connectivity index (χ3v) is 2.49. The molecule has 0 aliphatic carbocycles. The molecule has 3 nitrogen and oxygen atoms in total. The molecule has 0 aliphatic rings. The molecule has 0 spiro atoms. The van der Waals surface area contributed by atoms with Gasteiger partial charge in [-0.15, -0.1) is 0 Å². The summed E-state index contributed by atoms with van der Waals surface area (Å²) in [5.74, 6) is 0.877. The summed E-state index contributed by atoms with van der Waals surface area (Å²) in [5.41, 5.74) is 2.10. The van der Waals surface area contributed by atoms with Crippen molar-refractivity contribution in [1.29, 1.82) is 0 Å². The number of carbonyl (C=O) groups is 1. The van der Waals surface area contributed by atoms with Crippen molar-refractivity contribution in [2.75, 3.05) is 14.2 Å². The lowest BCUT2D eigenvalue weighted by atomic mass is 10.0. The van der Waals surface area contributed by atoms with E-state index in [0.717, 1.165) is 29.6 Å². The highest BCUT2D eigenvalue weighted by Gasteiger charge is 2.09. The van der Waals surface area contributed by atoms with E-state index >= 15 is 0 Å². The maximum absolute atomic E-state index is 10.8. The van der Waals surface area contributed by atoms with E-state index in [-0.39, 0.29) is 6.04 Å². The smallest absolute Gasteiger partial charge is 0.141 e. The van der Waals surface area contributed by atoms with Gasteiger partial charge in [0.15, 0.2) is 0 Å². The Hall–Kier alpha value is -1.35. The predicted molar refractivity (Wildman–Crippen MR) is 60.2 cm³/mol. The summed E-state index contributed by atoms with van der Waals surface area (Å²) in [5, 5.41) is 2.95. The lowest BCUT2D eigenvalue weighted by Crippen LogP contribution is -2.17. The first-order valence-electron chi connectivity index (χ1n) is 5.06. The Labute approximate surface area is 90.4 Å². The number of hydrogen-bond acceptors (Lipinski definition) is 3. The molecule has 3 heteroatoms. The van der Waals surface area contributed by atoms with Crippen molar-refractivity contribution >= 4 is 6.29 Å². The quantitative estimate of drug-likeness (QED) is 0.747. The molecule has 15 heavy (non-hydrogen) atoms. The number of rotatable bonds is 5. The van der Waals surface area contributed by atoms with Crippen LogP contribution in [-0.4, -0.2) is 20.4 Å². The van der Waals surface area contributed by atoms with Gasteiger partial charge >= 0.3 is 0 Å². The summed E-state index contributed by atoms with van der Waals surface area (Å²) in [6, 6.07) is 5.59. The fraction of sp³-hybridized carbons (Fsp3) is 0.417. The summed E-state index contributed by atoms with van der Waals surface area (Å²) >= 11 is 0. The highest BCUT2D eigenvalue weighted by Crippen LogP contribution is 2.22. The monoisotopic (exact) mass is 207 g/mol. The zero-order chi connectivity index (χ0) is 11.3. The van der Waals surface area contributed by atoms with Crippen molar-refractivity contribution in [2.24, 2.45) is 0 Å². The first kappa shape index (κ1) is 11.7. The van der Waals surface area contributed by atoms with E-state index in [1.807, 2.05) is 18.2 Å². The maximum atomic E-state index is 10.8. The van der Waals surface area contributed by atoms with Crippen molar-refractivity contribution in [2.45, 2.75) is 19.4 Å². The summed E-state index contributed by atoms with van der Waals surface area (Å²) in [4.78, 5) is 10.8. The molecule has 1 rings (SSSR count). The lowest BCUT2D eigenvalue weighted by molar-refractivity contribution is -0.109. The summed E-state index contributed by atoms with van der Waals surface area (Å²) in [6.07, 6.45) is 1.80. The number of nitrogens with one attached hydrogen (secondary N) is 1. The average molecular weight is 207 g/mol. The highest BCUT2D eigenvalue weighted by atomic mass is 16.5. The molecule has 0 saturated carbocycles. The SMILES string of the molecule is CCc1cc(C(C=O)NC)ccc1OC. The van der Waals surface area contributed by atoms with Crippen LogP contribution in [0, 0.1) is 0 Å². The Morgan fingerprint density at radius 1 is 1.53 bits per heavy atom. The zero-order valence-electron chi connectivity index (χ0n) is 9.41. The van der Waals surface area contributed by atoms with Crippen LogP contribution in [0.5, 0.6) is 5.75 Å². The topological polar surface area (TPSA) is 38.3 Å². The van der Waals surface area contributed by atoms with Crippen LogP contribution in [0.1, 0.15) is 24.1 Å². The number of likely N-dealkylation sites (N-methyl/N-ethyl adjacent to an activating group) is 1. The summed E-state index contributed by atoms with van der Waals surface area (Å²) in [7, 11) is 3.43. The van der Waals surface area contributed by atoms with Crippen LogP contribution >= 0.6 is 0 Å². The molecule has 1 unspecified atom stereocenters. The van der Waals surface area contributed by atoms with Crippen LogP contribution < -0.4 is 10.1 Å². The number of methoxy groups -OCH3 is 1. The molecule has 0 bridgehead atoms. The van der Waals surface area contributed by atoms with E-state index in [2.05, 4.69) is 12.2 Å². The zero-order valence-corrected chi connectivity index (χ0v) is 9.41. The number of aryl methyl sites for hydroxylation is 1. The van der Waals surface area contributed by atoms with Crippen molar-refractivity contribution < 1.29 is 9.53 Å². The van der Waals surface area contributed by atoms with Gasteiger partial charge in [0.05, 0.1) is 13.2 Å². The first-order chi connectivity index (χ1) is 7.26. The van der Waals surface area contributed by atoms with Gasteiger partial charge in [-0.2, -0.15) is 0 Å². The molecule has 82 valence electrons. The summed E-state index contributed by atoms with van der Waals surface area (Å²) in [6.45, 7) is 2.07. The molecule has 1 atom stereocenters. The van der Waals surface area contributed by atoms with Gasteiger partial charge in [0.2, 0.25) is 0 Å². The minimum atomic E-state index is -0.235. The van der Waals surface area contributed by atoms with Gasteiger partial charge in [-0.1, -0.05) is 19.1 Å². The van der Waals surface area contributed by atoms with Gasteiger partial charge in [-0.05, 0) is 30.7 Å². The molecule has 0 radical (unpaired) electrons. The molecular weight excluding hydrogens is 190 g/mol. The Bertz CT molecular complexity index is 336.